The highest BCUT2D eigenvalue weighted by atomic mass is 19.4. The van der Waals surface area contributed by atoms with Crippen LogP contribution in [0, 0.1) is 0 Å². The quantitative estimate of drug-likeness (QED) is 0.390. The van der Waals surface area contributed by atoms with Crippen LogP contribution in [-0.4, -0.2) is 65.4 Å². The van der Waals surface area contributed by atoms with Crippen LogP contribution in [0.5, 0.6) is 5.75 Å². The Kier molecular flexibility index (Phi) is 8.95. The predicted molar refractivity (Wildman–Crippen MR) is 137 cm³/mol. The van der Waals surface area contributed by atoms with Gasteiger partial charge in [0.25, 0.3) is 0 Å². The number of Topliss-reactive ketones (excluding diaryl/α,β-unsaturated/α-hetero) is 1. The third-order valence-electron chi connectivity index (χ3n) is 6.38. The molecule has 1 fully saturated rings. The summed E-state index contributed by atoms with van der Waals surface area (Å²) in [5.41, 5.74) is 2.78. The maximum Gasteiger partial charge on any atom is 0.573 e. The van der Waals surface area contributed by atoms with E-state index >= 15 is 0 Å². The molecule has 2 aromatic carbocycles. The van der Waals surface area contributed by atoms with Crippen molar-refractivity contribution >= 4 is 17.4 Å². The van der Waals surface area contributed by atoms with Gasteiger partial charge in [-0.3, -0.25) is 19.5 Å². The van der Waals surface area contributed by atoms with E-state index in [2.05, 4.69) is 15.0 Å². The molecule has 0 saturated carbocycles. The first-order valence-corrected chi connectivity index (χ1v) is 12.3. The molecule has 1 aliphatic rings. The Morgan fingerprint density at radius 3 is 2.38 bits per heavy atom. The van der Waals surface area contributed by atoms with E-state index in [0.717, 1.165) is 17.2 Å². The van der Waals surface area contributed by atoms with Crippen LogP contribution in [-0.2, 0) is 22.6 Å². The van der Waals surface area contributed by atoms with Crippen molar-refractivity contribution in [3.8, 4) is 17.0 Å². The summed E-state index contributed by atoms with van der Waals surface area (Å²) < 4.78 is 48.4. The molecule has 3 aromatic rings. The van der Waals surface area contributed by atoms with E-state index in [4.69, 9.17) is 4.74 Å². The second kappa shape index (κ2) is 12.4. The fourth-order valence-electron chi connectivity index (χ4n) is 4.15. The second-order valence-corrected chi connectivity index (χ2v) is 9.08. The van der Waals surface area contributed by atoms with Crippen LogP contribution in [0.15, 0.2) is 60.8 Å². The van der Waals surface area contributed by atoms with E-state index in [1.54, 1.807) is 37.4 Å². The van der Waals surface area contributed by atoms with Gasteiger partial charge in [-0.05, 0) is 42.3 Å². The van der Waals surface area contributed by atoms with Gasteiger partial charge in [-0.1, -0.05) is 30.3 Å². The number of carbonyl (C=O) groups is 2. The van der Waals surface area contributed by atoms with Crippen molar-refractivity contribution in [2.45, 2.75) is 32.4 Å². The Morgan fingerprint density at radius 2 is 1.77 bits per heavy atom. The molecule has 1 saturated heterocycles. The molecule has 1 atom stereocenters. The average Bonchev–Trinajstić information content (AvgIpc) is 2.93. The predicted octanol–water partition coefficient (Wildman–Crippen LogP) is 4.22. The monoisotopic (exact) mass is 543 g/mol. The number of hydrogen-bond acceptors (Lipinski definition) is 7. The van der Waals surface area contributed by atoms with E-state index in [1.807, 2.05) is 17.0 Å². The smallest absolute Gasteiger partial charge is 0.404 e. The number of hydrogen-bond donors (Lipinski definition) is 2. The first kappa shape index (κ1) is 28.2. The molecule has 0 unspecified atom stereocenters. The van der Waals surface area contributed by atoms with E-state index in [9.17, 15) is 27.9 Å². The zero-order chi connectivity index (χ0) is 28.0. The number of halogens is 3. The number of morpholine rings is 1. The van der Waals surface area contributed by atoms with Crippen LogP contribution in [0.1, 0.15) is 28.4 Å². The highest BCUT2D eigenvalue weighted by Crippen LogP contribution is 2.32. The number of aliphatic hydroxyl groups excluding tert-OH is 1. The molecule has 2 heterocycles. The lowest BCUT2D eigenvalue weighted by atomic mass is 10.0. The maximum absolute atomic E-state index is 13.0. The van der Waals surface area contributed by atoms with E-state index in [-0.39, 0.29) is 30.1 Å². The van der Waals surface area contributed by atoms with Crippen LogP contribution < -0.4 is 10.1 Å². The van der Waals surface area contributed by atoms with Gasteiger partial charge in [0.2, 0.25) is 5.91 Å². The van der Waals surface area contributed by atoms with Gasteiger partial charge in [0.1, 0.15) is 0 Å². The summed E-state index contributed by atoms with van der Waals surface area (Å²) in [5.74, 6) is -1.51. The van der Waals surface area contributed by atoms with Crippen molar-refractivity contribution in [3.63, 3.8) is 0 Å². The fraction of sp³-hybridized carbons (Fsp3) is 0.321. The second-order valence-electron chi connectivity index (χ2n) is 9.08. The molecular formula is C28H28F3N3O5. The summed E-state index contributed by atoms with van der Waals surface area (Å²) in [7, 11) is 0. The third-order valence-corrected chi connectivity index (χ3v) is 6.38. The van der Waals surface area contributed by atoms with Crippen LogP contribution in [0.25, 0.3) is 11.3 Å². The van der Waals surface area contributed by atoms with Crippen molar-refractivity contribution < 1.29 is 37.3 Å². The van der Waals surface area contributed by atoms with Crippen molar-refractivity contribution in [2.75, 3.05) is 31.6 Å². The lowest BCUT2D eigenvalue weighted by molar-refractivity contribution is -0.274. The van der Waals surface area contributed by atoms with Crippen LogP contribution >= 0.6 is 0 Å². The SMILES string of the molecule is C[C@H](C(=O)Nc1cc(C(=O)Cc2ccc(-c3ccc(CO)cc3)nc2)ccc1OC(F)(F)F)N1CCOCC1. The number of anilines is 1. The zero-order valence-electron chi connectivity index (χ0n) is 21.2. The lowest BCUT2D eigenvalue weighted by Crippen LogP contribution is -2.47. The average molecular weight is 544 g/mol. The van der Waals surface area contributed by atoms with Crippen LogP contribution in [0.4, 0.5) is 18.9 Å². The van der Waals surface area contributed by atoms with Gasteiger partial charge in [0, 0.05) is 36.8 Å². The Labute approximate surface area is 223 Å². The topological polar surface area (TPSA) is 101 Å². The van der Waals surface area contributed by atoms with Gasteiger partial charge >= 0.3 is 6.36 Å². The summed E-state index contributed by atoms with van der Waals surface area (Å²) in [6, 6.07) is 13.6. The third kappa shape index (κ3) is 7.62. The summed E-state index contributed by atoms with van der Waals surface area (Å²) in [6.07, 6.45) is -3.47. The zero-order valence-corrected chi connectivity index (χ0v) is 21.2. The highest BCUT2D eigenvalue weighted by molar-refractivity contribution is 6.01. The summed E-state index contributed by atoms with van der Waals surface area (Å²) >= 11 is 0. The number of pyridine rings is 1. The summed E-state index contributed by atoms with van der Waals surface area (Å²) in [4.78, 5) is 32.1. The number of aromatic nitrogens is 1. The molecule has 0 aliphatic carbocycles. The summed E-state index contributed by atoms with van der Waals surface area (Å²) in [5, 5.41) is 11.7. The number of ketones is 1. The minimum atomic E-state index is -4.98. The Balaban J connectivity index is 1.49. The number of benzene rings is 2. The number of nitrogens with one attached hydrogen (secondary N) is 1. The van der Waals surface area contributed by atoms with Gasteiger partial charge in [0.15, 0.2) is 11.5 Å². The van der Waals surface area contributed by atoms with E-state index in [1.165, 1.54) is 12.1 Å². The lowest BCUT2D eigenvalue weighted by Gasteiger charge is -2.31. The number of rotatable bonds is 9. The highest BCUT2D eigenvalue weighted by Gasteiger charge is 2.33. The molecule has 206 valence electrons. The first-order chi connectivity index (χ1) is 18.6. The van der Waals surface area contributed by atoms with Crippen molar-refractivity contribution in [1.82, 2.24) is 9.88 Å². The molecule has 1 aromatic heterocycles. The Morgan fingerprint density at radius 1 is 1.08 bits per heavy atom. The molecule has 0 radical (unpaired) electrons. The summed E-state index contributed by atoms with van der Waals surface area (Å²) in [6.45, 7) is 3.53. The van der Waals surface area contributed by atoms with E-state index in [0.29, 0.717) is 37.6 Å². The van der Waals surface area contributed by atoms with Crippen LogP contribution in [0.3, 0.4) is 0 Å². The minimum Gasteiger partial charge on any atom is -0.404 e. The van der Waals surface area contributed by atoms with Gasteiger partial charge in [-0.2, -0.15) is 0 Å². The number of alkyl halides is 3. The number of ether oxygens (including phenoxy) is 2. The largest absolute Gasteiger partial charge is 0.573 e. The molecule has 1 aliphatic heterocycles. The van der Waals surface area contributed by atoms with Gasteiger partial charge in [0.05, 0.1) is 37.2 Å². The molecule has 4 rings (SSSR count). The number of amides is 1. The van der Waals surface area contributed by atoms with Crippen molar-refractivity contribution in [2.24, 2.45) is 0 Å². The molecule has 8 nitrogen and oxygen atoms in total. The Hall–Kier alpha value is -3.80. The first-order valence-electron chi connectivity index (χ1n) is 12.3. The minimum absolute atomic E-state index is 0.0478. The number of carbonyl (C=O) groups excluding carboxylic acids is 2. The molecule has 1 amide bonds. The molecular weight excluding hydrogens is 515 g/mol. The van der Waals surface area contributed by atoms with Crippen molar-refractivity contribution in [1.29, 1.82) is 0 Å². The fourth-order valence-corrected chi connectivity index (χ4v) is 4.15. The number of aliphatic hydroxyl groups is 1. The molecule has 11 heteroatoms. The molecule has 39 heavy (non-hydrogen) atoms. The van der Waals surface area contributed by atoms with Crippen LogP contribution in [0.2, 0.25) is 0 Å². The van der Waals surface area contributed by atoms with Gasteiger partial charge in [-0.15, -0.1) is 13.2 Å². The normalized spacial score (nSPS) is 15.0. The van der Waals surface area contributed by atoms with Gasteiger partial charge < -0.3 is 19.9 Å². The maximum atomic E-state index is 13.0. The molecule has 0 spiro atoms. The van der Waals surface area contributed by atoms with Gasteiger partial charge in [-0.25, -0.2) is 0 Å². The molecule has 0 bridgehead atoms. The van der Waals surface area contributed by atoms with E-state index < -0.39 is 24.1 Å². The van der Waals surface area contributed by atoms with Crippen molar-refractivity contribution in [3.05, 3.63) is 77.5 Å². The number of nitrogens with zero attached hydrogens (tertiary/aromatic N) is 2. The molecule has 2 N–H and O–H groups in total. The Bertz CT molecular complexity index is 1290. The standard InChI is InChI=1S/C28H28F3N3O5/c1-18(34-10-12-38-13-11-34)27(37)33-24-15-22(7-9-26(24)39-28(29,30)31)25(36)14-20-4-8-23(32-16-20)21-5-2-19(17-35)3-6-21/h2-9,15-16,18,35H,10-14,17H2,1H3,(H,33,37)/t18-/m1/s1.